The molecule has 3 heteroatoms. The van der Waals surface area contributed by atoms with Crippen LogP contribution in [-0.4, -0.2) is 22.6 Å². The Morgan fingerprint density at radius 3 is 3.00 bits per heavy atom. The van der Waals surface area contributed by atoms with Gasteiger partial charge in [0.05, 0.1) is 0 Å². The van der Waals surface area contributed by atoms with Crippen LogP contribution in [0.15, 0.2) is 18.2 Å². The first-order chi connectivity index (χ1) is 7.16. The summed E-state index contributed by atoms with van der Waals surface area (Å²) in [4.78, 5) is 2.38. The highest BCUT2D eigenvalue weighted by Gasteiger charge is 2.20. The number of likely N-dealkylation sites (tertiary alicyclic amines) is 1. The average Bonchev–Trinajstić information content (AvgIpc) is 2.58. The minimum atomic E-state index is 0.346. The lowest BCUT2D eigenvalue weighted by Gasteiger charge is -2.21. The third-order valence-corrected chi connectivity index (χ3v) is 3.34. The van der Waals surface area contributed by atoms with E-state index in [0.717, 1.165) is 18.7 Å². The molecule has 1 aliphatic rings. The van der Waals surface area contributed by atoms with E-state index >= 15 is 0 Å². The van der Waals surface area contributed by atoms with E-state index in [0.29, 0.717) is 16.8 Å². The second-order valence-electron chi connectivity index (χ2n) is 4.23. The fourth-order valence-electron chi connectivity index (χ4n) is 2.13. The number of phenols is 1. The summed E-state index contributed by atoms with van der Waals surface area (Å²) in [5.74, 6) is 0.346. The Morgan fingerprint density at radius 2 is 2.33 bits per heavy atom. The summed E-state index contributed by atoms with van der Waals surface area (Å²) < 4.78 is 0. The van der Waals surface area contributed by atoms with Gasteiger partial charge in [0.15, 0.2) is 0 Å². The molecule has 15 heavy (non-hydrogen) atoms. The maximum absolute atomic E-state index is 9.70. The predicted molar refractivity (Wildman–Crippen MR) is 62.2 cm³/mol. The van der Waals surface area contributed by atoms with Crippen molar-refractivity contribution in [3.8, 4) is 5.75 Å². The third-order valence-electron chi connectivity index (χ3n) is 3.11. The first-order valence-corrected chi connectivity index (χ1v) is 5.76. The Morgan fingerprint density at radius 1 is 1.53 bits per heavy atom. The summed E-state index contributed by atoms with van der Waals surface area (Å²) in [5.41, 5.74) is 0.927. The SMILES string of the molecule is CC1CCCN1Cc1cc(Cl)ccc1O. The number of phenolic OH excluding ortho intramolecular Hbond substituents is 1. The van der Waals surface area contributed by atoms with Crippen molar-refractivity contribution in [1.29, 1.82) is 0 Å². The summed E-state index contributed by atoms with van der Waals surface area (Å²) in [5, 5.41) is 10.4. The molecule has 1 saturated heterocycles. The largest absolute Gasteiger partial charge is 0.508 e. The normalized spacial score (nSPS) is 22.1. The summed E-state index contributed by atoms with van der Waals surface area (Å²) in [6.07, 6.45) is 2.50. The van der Waals surface area contributed by atoms with Crippen LogP contribution >= 0.6 is 11.6 Å². The number of hydrogen-bond donors (Lipinski definition) is 1. The van der Waals surface area contributed by atoms with Gasteiger partial charge in [0.25, 0.3) is 0 Å². The van der Waals surface area contributed by atoms with Crippen LogP contribution in [0.2, 0.25) is 5.02 Å². The summed E-state index contributed by atoms with van der Waals surface area (Å²) >= 11 is 5.91. The molecule has 1 heterocycles. The molecule has 2 rings (SSSR count). The van der Waals surface area contributed by atoms with E-state index in [1.165, 1.54) is 12.8 Å². The van der Waals surface area contributed by atoms with Gasteiger partial charge < -0.3 is 5.11 Å². The van der Waals surface area contributed by atoms with Gasteiger partial charge in [0.2, 0.25) is 0 Å². The highest BCUT2D eigenvalue weighted by molar-refractivity contribution is 6.30. The summed E-state index contributed by atoms with van der Waals surface area (Å²) in [6, 6.07) is 5.84. The molecule has 1 N–H and O–H groups in total. The molecule has 0 spiro atoms. The van der Waals surface area contributed by atoms with Gasteiger partial charge in [-0.3, -0.25) is 4.90 Å². The lowest BCUT2D eigenvalue weighted by molar-refractivity contribution is 0.257. The molecule has 1 aromatic carbocycles. The molecule has 1 atom stereocenters. The topological polar surface area (TPSA) is 23.5 Å². The highest BCUT2D eigenvalue weighted by Crippen LogP contribution is 2.26. The van der Waals surface area contributed by atoms with E-state index in [2.05, 4.69) is 11.8 Å². The highest BCUT2D eigenvalue weighted by atomic mass is 35.5. The molecular formula is C12H16ClNO. The van der Waals surface area contributed by atoms with Crippen molar-refractivity contribution in [2.24, 2.45) is 0 Å². The van der Waals surface area contributed by atoms with E-state index in [1.807, 2.05) is 6.07 Å². The van der Waals surface area contributed by atoms with E-state index < -0.39 is 0 Å². The first-order valence-electron chi connectivity index (χ1n) is 5.38. The van der Waals surface area contributed by atoms with E-state index in [1.54, 1.807) is 12.1 Å². The van der Waals surface area contributed by atoms with E-state index in [4.69, 9.17) is 11.6 Å². The molecule has 0 aromatic heterocycles. The van der Waals surface area contributed by atoms with Crippen molar-refractivity contribution < 1.29 is 5.11 Å². The van der Waals surface area contributed by atoms with Crippen LogP contribution in [0.3, 0.4) is 0 Å². The maximum Gasteiger partial charge on any atom is 0.120 e. The lowest BCUT2D eigenvalue weighted by atomic mass is 10.1. The number of hydrogen-bond acceptors (Lipinski definition) is 2. The van der Waals surface area contributed by atoms with E-state index in [9.17, 15) is 5.11 Å². The third kappa shape index (κ3) is 2.44. The van der Waals surface area contributed by atoms with Crippen LogP contribution < -0.4 is 0 Å². The average molecular weight is 226 g/mol. The number of rotatable bonds is 2. The van der Waals surface area contributed by atoms with Gasteiger partial charge in [-0.25, -0.2) is 0 Å². The van der Waals surface area contributed by atoms with Crippen molar-refractivity contribution in [1.82, 2.24) is 4.90 Å². The van der Waals surface area contributed by atoms with Crippen molar-refractivity contribution >= 4 is 11.6 Å². The van der Waals surface area contributed by atoms with Gasteiger partial charge in [0.1, 0.15) is 5.75 Å². The number of benzene rings is 1. The Balaban J connectivity index is 2.12. The van der Waals surface area contributed by atoms with Gasteiger partial charge in [-0.2, -0.15) is 0 Å². The van der Waals surface area contributed by atoms with Crippen LogP contribution in [0.25, 0.3) is 0 Å². The minimum Gasteiger partial charge on any atom is -0.508 e. The molecule has 82 valence electrons. The fourth-order valence-corrected chi connectivity index (χ4v) is 2.32. The fraction of sp³-hybridized carbons (Fsp3) is 0.500. The molecule has 0 saturated carbocycles. The van der Waals surface area contributed by atoms with Crippen molar-refractivity contribution in [2.45, 2.75) is 32.4 Å². The monoisotopic (exact) mass is 225 g/mol. The van der Waals surface area contributed by atoms with Crippen molar-refractivity contribution in [3.05, 3.63) is 28.8 Å². The summed E-state index contributed by atoms with van der Waals surface area (Å²) in [6.45, 7) is 4.15. The molecule has 1 aromatic rings. The molecular weight excluding hydrogens is 210 g/mol. The second-order valence-corrected chi connectivity index (χ2v) is 4.67. The number of halogens is 1. The van der Waals surface area contributed by atoms with Gasteiger partial charge in [-0.1, -0.05) is 11.6 Å². The van der Waals surface area contributed by atoms with Crippen LogP contribution in [0.4, 0.5) is 0 Å². The molecule has 1 fully saturated rings. The maximum atomic E-state index is 9.70. The Kier molecular flexibility index (Phi) is 3.17. The minimum absolute atomic E-state index is 0.346. The molecule has 0 radical (unpaired) electrons. The van der Waals surface area contributed by atoms with Crippen LogP contribution in [0.5, 0.6) is 5.75 Å². The number of aromatic hydroxyl groups is 1. The standard InChI is InChI=1S/C12H16ClNO/c1-9-3-2-6-14(9)8-10-7-11(13)4-5-12(10)15/h4-5,7,9,15H,2-3,6,8H2,1H3. The predicted octanol–water partition coefficient (Wildman–Crippen LogP) is 3.03. The molecule has 2 nitrogen and oxygen atoms in total. The van der Waals surface area contributed by atoms with Crippen LogP contribution in [-0.2, 0) is 6.54 Å². The first kappa shape index (κ1) is 10.8. The quantitative estimate of drug-likeness (QED) is 0.837. The zero-order valence-corrected chi connectivity index (χ0v) is 9.67. The van der Waals surface area contributed by atoms with E-state index in [-0.39, 0.29) is 0 Å². The second kappa shape index (κ2) is 4.42. The Hall–Kier alpha value is -0.730. The Labute approximate surface area is 95.5 Å². The van der Waals surface area contributed by atoms with Crippen molar-refractivity contribution in [3.63, 3.8) is 0 Å². The molecule has 1 aliphatic heterocycles. The zero-order chi connectivity index (χ0) is 10.8. The molecule has 0 amide bonds. The van der Waals surface area contributed by atoms with Gasteiger partial charge in [-0.15, -0.1) is 0 Å². The molecule has 0 aliphatic carbocycles. The molecule has 1 unspecified atom stereocenters. The van der Waals surface area contributed by atoms with Crippen molar-refractivity contribution in [2.75, 3.05) is 6.54 Å². The van der Waals surface area contributed by atoms with Gasteiger partial charge >= 0.3 is 0 Å². The Bertz CT molecular complexity index is 353. The summed E-state index contributed by atoms with van der Waals surface area (Å²) in [7, 11) is 0. The number of nitrogens with zero attached hydrogens (tertiary/aromatic N) is 1. The zero-order valence-electron chi connectivity index (χ0n) is 8.91. The van der Waals surface area contributed by atoms with Crippen LogP contribution in [0, 0.1) is 0 Å². The van der Waals surface area contributed by atoms with Gasteiger partial charge in [-0.05, 0) is 44.5 Å². The smallest absolute Gasteiger partial charge is 0.120 e. The van der Waals surface area contributed by atoms with Crippen LogP contribution in [0.1, 0.15) is 25.3 Å². The lowest BCUT2D eigenvalue weighted by Crippen LogP contribution is -2.26. The van der Waals surface area contributed by atoms with Gasteiger partial charge in [0, 0.05) is 23.2 Å². The molecule has 0 bridgehead atoms.